The van der Waals surface area contributed by atoms with Crippen LogP contribution in [0.3, 0.4) is 0 Å². The quantitative estimate of drug-likeness (QED) is 0.374. The summed E-state index contributed by atoms with van der Waals surface area (Å²) in [7, 11) is 1.63. The third kappa shape index (κ3) is 5.30. The zero-order valence-corrected chi connectivity index (χ0v) is 18.9. The SMILES string of the molecule is COc1ccc(C(NC(=O)CSc2nncn2-c2cccc(Cl)c2)c2ccccc2)cc1. The first-order chi connectivity index (χ1) is 15.6. The first-order valence-electron chi connectivity index (χ1n) is 9.91. The number of benzene rings is 3. The van der Waals surface area contributed by atoms with Crippen molar-refractivity contribution in [2.24, 2.45) is 0 Å². The van der Waals surface area contributed by atoms with Crippen LogP contribution in [0, 0.1) is 0 Å². The van der Waals surface area contributed by atoms with E-state index in [4.69, 9.17) is 16.3 Å². The van der Waals surface area contributed by atoms with Gasteiger partial charge in [0.15, 0.2) is 5.16 Å². The lowest BCUT2D eigenvalue weighted by molar-refractivity contribution is -0.119. The summed E-state index contributed by atoms with van der Waals surface area (Å²) in [5.74, 6) is 0.849. The van der Waals surface area contributed by atoms with Crippen molar-refractivity contribution in [2.75, 3.05) is 12.9 Å². The van der Waals surface area contributed by atoms with E-state index in [1.165, 1.54) is 11.8 Å². The highest BCUT2D eigenvalue weighted by Gasteiger charge is 2.18. The van der Waals surface area contributed by atoms with E-state index < -0.39 is 0 Å². The fourth-order valence-corrected chi connectivity index (χ4v) is 4.18. The topological polar surface area (TPSA) is 69.0 Å². The maximum absolute atomic E-state index is 12.9. The maximum atomic E-state index is 12.9. The largest absolute Gasteiger partial charge is 0.497 e. The minimum absolute atomic E-state index is 0.111. The van der Waals surface area contributed by atoms with Crippen LogP contribution in [0.25, 0.3) is 5.69 Å². The zero-order valence-electron chi connectivity index (χ0n) is 17.3. The standard InChI is InChI=1S/C24H21ClN4O2S/c1-31-21-12-10-18(11-13-21)23(17-6-3-2-4-7-17)27-22(30)15-32-24-28-26-16-29(24)20-9-5-8-19(25)14-20/h2-14,16,23H,15H2,1H3,(H,27,30). The summed E-state index contributed by atoms with van der Waals surface area (Å²) >= 11 is 7.42. The molecule has 0 fully saturated rings. The summed E-state index contributed by atoms with van der Waals surface area (Å²) in [5, 5.41) is 12.5. The molecule has 4 rings (SSSR count). The Kier molecular flexibility index (Phi) is 7.09. The molecular weight excluding hydrogens is 444 g/mol. The van der Waals surface area contributed by atoms with Crippen LogP contribution in [-0.4, -0.2) is 33.5 Å². The second-order valence-electron chi connectivity index (χ2n) is 6.94. The molecule has 1 unspecified atom stereocenters. The Hall–Kier alpha value is -3.29. The molecule has 0 spiro atoms. The molecule has 4 aromatic rings. The molecule has 1 N–H and O–H groups in total. The van der Waals surface area contributed by atoms with Crippen LogP contribution >= 0.6 is 23.4 Å². The molecule has 0 saturated heterocycles. The van der Waals surface area contributed by atoms with Gasteiger partial charge >= 0.3 is 0 Å². The smallest absolute Gasteiger partial charge is 0.231 e. The number of amides is 1. The normalized spacial score (nSPS) is 11.7. The highest BCUT2D eigenvalue weighted by Crippen LogP contribution is 2.25. The minimum atomic E-state index is -0.277. The van der Waals surface area contributed by atoms with Crippen LogP contribution in [0.15, 0.2) is 90.3 Å². The van der Waals surface area contributed by atoms with Gasteiger partial charge in [-0.1, -0.05) is 71.9 Å². The molecular formula is C24H21ClN4O2S. The second kappa shape index (κ2) is 10.3. The van der Waals surface area contributed by atoms with Crippen molar-refractivity contribution < 1.29 is 9.53 Å². The van der Waals surface area contributed by atoms with E-state index in [9.17, 15) is 4.79 Å². The molecule has 0 aliphatic heterocycles. The van der Waals surface area contributed by atoms with E-state index in [0.29, 0.717) is 10.2 Å². The summed E-state index contributed by atoms with van der Waals surface area (Å²) < 4.78 is 7.06. The molecule has 1 atom stereocenters. The highest BCUT2D eigenvalue weighted by molar-refractivity contribution is 7.99. The van der Waals surface area contributed by atoms with Crippen molar-refractivity contribution in [3.05, 3.63) is 101 Å². The number of nitrogens with one attached hydrogen (secondary N) is 1. The first-order valence-corrected chi connectivity index (χ1v) is 11.3. The van der Waals surface area contributed by atoms with Crippen LogP contribution in [0.2, 0.25) is 5.02 Å². The van der Waals surface area contributed by atoms with Crippen molar-refractivity contribution in [2.45, 2.75) is 11.2 Å². The Morgan fingerprint density at radius 1 is 1.06 bits per heavy atom. The van der Waals surface area contributed by atoms with Crippen molar-refractivity contribution >= 4 is 29.3 Å². The Morgan fingerprint density at radius 2 is 1.81 bits per heavy atom. The average Bonchev–Trinajstić information content (AvgIpc) is 3.31. The van der Waals surface area contributed by atoms with Gasteiger partial charge in [0.25, 0.3) is 0 Å². The number of methoxy groups -OCH3 is 1. The van der Waals surface area contributed by atoms with Gasteiger partial charge in [-0.05, 0) is 41.5 Å². The average molecular weight is 465 g/mol. The van der Waals surface area contributed by atoms with Gasteiger partial charge in [-0.25, -0.2) is 0 Å². The zero-order chi connectivity index (χ0) is 22.3. The van der Waals surface area contributed by atoms with Crippen LogP contribution < -0.4 is 10.1 Å². The third-order valence-corrected chi connectivity index (χ3v) is 6.00. The van der Waals surface area contributed by atoms with Gasteiger partial charge in [-0.2, -0.15) is 0 Å². The molecule has 1 amide bonds. The fourth-order valence-electron chi connectivity index (χ4n) is 3.26. The van der Waals surface area contributed by atoms with Crippen molar-refractivity contribution in [3.8, 4) is 11.4 Å². The predicted molar refractivity (Wildman–Crippen MR) is 127 cm³/mol. The number of thioether (sulfide) groups is 1. The minimum Gasteiger partial charge on any atom is -0.497 e. The maximum Gasteiger partial charge on any atom is 0.231 e. The van der Waals surface area contributed by atoms with Gasteiger partial charge in [-0.3, -0.25) is 9.36 Å². The number of nitrogens with zero attached hydrogens (tertiary/aromatic N) is 3. The lowest BCUT2D eigenvalue weighted by atomic mass is 9.98. The molecule has 0 saturated carbocycles. The molecule has 3 aromatic carbocycles. The number of aromatic nitrogens is 3. The molecule has 162 valence electrons. The highest BCUT2D eigenvalue weighted by atomic mass is 35.5. The number of halogens is 1. The Morgan fingerprint density at radius 3 is 2.53 bits per heavy atom. The Balaban J connectivity index is 1.48. The van der Waals surface area contributed by atoms with Gasteiger partial charge < -0.3 is 10.1 Å². The van der Waals surface area contributed by atoms with E-state index in [-0.39, 0.29) is 17.7 Å². The van der Waals surface area contributed by atoms with E-state index in [0.717, 1.165) is 22.6 Å². The fraction of sp³-hybridized carbons (Fsp3) is 0.125. The molecule has 1 heterocycles. The molecule has 0 bridgehead atoms. The van der Waals surface area contributed by atoms with E-state index in [2.05, 4.69) is 15.5 Å². The number of hydrogen-bond donors (Lipinski definition) is 1. The molecule has 1 aromatic heterocycles. The summed E-state index contributed by atoms with van der Waals surface area (Å²) in [5.41, 5.74) is 2.81. The van der Waals surface area contributed by atoms with Crippen molar-refractivity contribution in [1.29, 1.82) is 0 Å². The van der Waals surface area contributed by atoms with Crippen LogP contribution in [0.4, 0.5) is 0 Å². The van der Waals surface area contributed by atoms with Crippen LogP contribution in [-0.2, 0) is 4.79 Å². The van der Waals surface area contributed by atoms with Crippen LogP contribution in [0.5, 0.6) is 5.75 Å². The molecule has 0 aliphatic carbocycles. The van der Waals surface area contributed by atoms with Gasteiger partial charge in [0.05, 0.1) is 24.6 Å². The van der Waals surface area contributed by atoms with Crippen molar-refractivity contribution in [1.82, 2.24) is 20.1 Å². The number of rotatable bonds is 8. The monoisotopic (exact) mass is 464 g/mol. The molecule has 0 radical (unpaired) electrons. The van der Waals surface area contributed by atoms with Crippen molar-refractivity contribution in [3.63, 3.8) is 0 Å². The van der Waals surface area contributed by atoms with Gasteiger partial charge in [0.1, 0.15) is 12.1 Å². The third-order valence-electron chi connectivity index (χ3n) is 4.82. The summed E-state index contributed by atoms with van der Waals surface area (Å²) in [4.78, 5) is 12.9. The lowest BCUT2D eigenvalue weighted by Gasteiger charge is -2.20. The van der Waals surface area contributed by atoms with Crippen LogP contribution in [0.1, 0.15) is 17.2 Å². The van der Waals surface area contributed by atoms with Gasteiger partial charge in [0.2, 0.25) is 5.91 Å². The first kappa shape index (κ1) is 21.9. The number of carbonyl (C=O) groups excluding carboxylic acids is 1. The molecule has 8 heteroatoms. The molecule has 6 nitrogen and oxygen atoms in total. The second-order valence-corrected chi connectivity index (χ2v) is 8.32. The predicted octanol–water partition coefficient (Wildman–Crippen LogP) is 4.93. The number of carbonyl (C=O) groups is 1. The van der Waals surface area contributed by atoms with E-state index in [1.807, 2.05) is 77.4 Å². The number of hydrogen-bond acceptors (Lipinski definition) is 5. The van der Waals surface area contributed by atoms with Gasteiger partial charge in [0, 0.05) is 5.02 Å². The molecule has 32 heavy (non-hydrogen) atoms. The van der Waals surface area contributed by atoms with Gasteiger partial charge in [-0.15, -0.1) is 10.2 Å². The summed E-state index contributed by atoms with van der Waals surface area (Å²) in [6.45, 7) is 0. The Labute approximate surface area is 195 Å². The van der Waals surface area contributed by atoms with E-state index >= 15 is 0 Å². The molecule has 0 aliphatic rings. The summed E-state index contributed by atoms with van der Waals surface area (Å²) in [6, 6.07) is 24.7. The number of ether oxygens (including phenoxy) is 1. The summed E-state index contributed by atoms with van der Waals surface area (Å²) in [6.07, 6.45) is 1.61. The Bertz CT molecular complexity index is 1180. The van der Waals surface area contributed by atoms with E-state index in [1.54, 1.807) is 19.5 Å². The lowest BCUT2D eigenvalue weighted by Crippen LogP contribution is -2.30.